The lowest BCUT2D eigenvalue weighted by Gasteiger charge is -2.28. The molecule has 2 aromatic carbocycles. The Morgan fingerprint density at radius 3 is 2.62 bits per heavy atom. The van der Waals surface area contributed by atoms with Crippen molar-refractivity contribution in [3.05, 3.63) is 79.1 Å². The van der Waals surface area contributed by atoms with Crippen LogP contribution in [0.5, 0.6) is 0 Å². The zero-order valence-corrected chi connectivity index (χ0v) is 19.0. The number of nitrogens with zero attached hydrogens (tertiary/aromatic N) is 4. The third kappa shape index (κ3) is 4.49. The molecule has 1 fully saturated rings. The van der Waals surface area contributed by atoms with Crippen LogP contribution in [-0.2, 0) is 9.53 Å². The number of benzene rings is 2. The summed E-state index contributed by atoms with van der Waals surface area (Å²) in [5.41, 5.74) is 4.90. The van der Waals surface area contributed by atoms with Crippen LogP contribution in [0.1, 0.15) is 5.56 Å². The van der Waals surface area contributed by atoms with Crippen LogP contribution < -0.4 is 15.5 Å². The maximum absolute atomic E-state index is 11.6. The van der Waals surface area contributed by atoms with E-state index in [4.69, 9.17) is 9.72 Å². The van der Waals surface area contributed by atoms with Crippen molar-refractivity contribution in [2.75, 3.05) is 41.8 Å². The summed E-state index contributed by atoms with van der Waals surface area (Å²) in [5.74, 6) is 1.04. The SMILES string of the molecule is C=CC(=O)Nc1ccc2c(c1)c(C)cn2-c1ccnc(Nc2ccc(N3CCOCC3)cc2)n1. The highest BCUT2D eigenvalue weighted by Gasteiger charge is 2.12. The van der Waals surface area contributed by atoms with Gasteiger partial charge in [0.1, 0.15) is 5.82 Å². The number of amides is 1. The molecular formula is C26H26N6O2. The molecular weight excluding hydrogens is 428 g/mol. The molecule has 2 N–H and O–H groups in total. The van der Waals surface area contributed by atoms with Crippen molar-refractivity contribution in [1.82, 2.24) is 14.5 Å². The van der Waals surface area contributed by atoms with Crippen LogP contribution in [0, 0.1) is 6.92 Å². The first kappa shape index (κ1) is 21.7. The molecule has 1 aliphatic rings. The van der Waals surface area contributed by atoms with Crippen molar-refractivity contribution in [3.8, 4) is 5.82 Å². The Labute approximate surface area is 197 Å². The molecule has 8 heteroatoms. The van der Waals surface area contributed by atoms with Crippen molar-refractivity contribution < 1.29 is 9.53 Å². The van der Waals surface area contributed by atoms with Crippen LogP contribution >= 0.6 is 0 Å². The quantitative estimate of drug-likeness (QED) is 0.419. The van der Waals surface area contributed by atoms with Gasteiger partial charge in [0.15, 0.2) is 0 Å². The molecule has 8 nitrogen and oxygen atoms in total. The van der Waals surface area contributed by atoms with Gasteiger partial charge in [-0.15, -0.1) is 0 Å². The lowest BCUT2D eigenvalue weighted by molar-refractivity contribution is -0.111. The van der Waals surface area contributed by atoms with E-state index in [0.29, 0.717) is 5.95 Å². The molecule has 4 aromatic rings. The standard InChI is InChI=1S/C26H26N6O2/c1-3-25(33)28-20-6-9-23-22(16-20)18(2)17-32(23)24-10-11-27-26(30-24)29-19-4-7-21(8-5-19)31-12-14-34-15-13-31/h3-11,16-17H,1,12-15H2,2H3,(H,28,33)(H,27,29,30). The number of carbonyl (C=O) groups is 1. The van der Waals surface area contributed by atoms with Crippen LogP contribution in [0.3, 0.4) is 0 Å². The summed E-state index contributed by atoms with van der Waals surface area (Å²) in [6.45, 7) is 8.88. The van der Waals surface area contributed by atoms with Crippen LogP contribution in [0.15, 0.2) is 73.6 Å². The smallest absolute Gasteiger partial charge is 0.247 e. The number of rotatable bonds is 6. The van der Waals surface area contributed by atoms with E-state index in [1.54, 1.807) is 6.20 Å². The first-order valence-corrected chi connectivity index (χ1v) is 11.2. The van der Waals surface area contributed by atoms with Crippen LogP contribution in [0.4, 0.5) is 23.0 Å². The van der Waals surface area contributed by atoms with E-state index in [9.17, 15) is 4.79 Å². The number of aryl methyl sites for hydroxylation is 1. The van der Waals surface area contributed by atoms with E-state index < -0.39 is 0 Å². The van der Waals surface area contributed by atoms with Crippen molar-refractivity contribution in [1.29, 1.82) is 0 Å². The molecule has 0 atom stereocenters. The maximum Gasteiger partial charge on any atom is 0.247 e. The predicted molar refractivity (Wildman–Crippen MR) is 135 cm³/mol. The van der Waals surface area contributed by atoms with Crippen LogP contribution in [0.2, 0.25) is 0 Å². The fourth-order valence-electron chi connectivity index (χ4n) is 4.11. The van der Waals surface area contributed by atoms with Gasteiger partial charge in [0, 0.05) is 47.9 Å². The van der Waals surface area contributed by atoms with E-state index in [2.05, 4.69) is 39.2 Å². The van der Waals surface area contributed by atoms with Crippen molar-refractivity contribution >= 4 is 39.8 Å². The normalized spacial score (nSPS) is 13.6. The molecule has 1 saturated heterocycles. The van der Waals surface area contributed by atoms with Gasteiger partial charge in [-0.05, 0) is 67.1 Å². The van der Waals surface area contributed by atoms with E-state index >= 15 is 0 Å². The Kier molecular flexibility index (Phi) is 5.97. The summed E-state index contributed by atoms with van der Waals surface area (Å²) < 4.78 is 7.46. The van der Waals surface area contributed by atoms with E-state index in [1.165, 1.54) is 11.8 Å². The van der Waals surface area contributed by atoms with Crippen LogP contribution in [0.25, 0.3) is 16.7 Å². The number of hydrogen-bond acceptors (Lipinski definition) is 6. The van der Waals surface area contributed by atoms with Gasteiger partial charge in [-0.2, -0.15) is 4.98 Å². The van der Waals surface area contributed by atoms with Gasteiger partial charge in [-0.3, -0.25) is 4.79 Å². The van der Waals surface area contributed by atoms with Gasteiger partial charge < -0.3 is 24.8 Å². The first-order valence-electron chi connectivity index (χ1n) is 11.2. The third-order valence-electron chi connectivity index (χ3n) is 5.84. The molecule has 0 bridgehead atoms. The molecule has 0 aliphatic carbocycles. The van der Waals surface area contributed by atoms with E-state index in [-0.39, 0.29) is 5.91 Å². The Morgan fingerprint density at radius 1 is 1.09 bits per heavy atom. The Morgan fingerprint density at radius 2 is 1.85 bits per heavy atom. The van der Waals surface area contributed by atoms with Gasteiger partial charge in [0.05, 0.1) is 18.7 Å². The summed E-state index contributed by atoms with van der Waals surface area (Å²) in [5, 5.41) is 7.15. The van der Waals surface area contributed by atoms with E-state index in [1.807, 2.05) is 54.1 Å². The number of carbonyl (C=O) groups excluding carboxylic acids is 1. The number of aromatic nitrogens is 3. The summed E-state index contributed by atoms with van der Waals surface area (Å²) in [4.78, 5) is 23.1. The number of nitrogens with one attached hydrogen (secondary N) is 2. The Bertz CT molecular complexity index is 1340. The Balaban J connectivity index is 1.37. The molecule has 0 saturated carbocycles. The average Bonchev–Trinajstić information content (AvgIpc) is 3.21. The maximum atomic E-state index is 11.6. The fraction of sp³-hybridized carbons (Fsp3) is 0.192. The molecule has 0 spiro atoms. The number of hydrogen-bond donors (Lipinski definition) is 2. The molecule has 34 heavy (non-hydrogen) atoms. The van der Waals surface area contributed by atoms with Gasteiger partial charge in [-0.25, -0.2) is 4.98 Å². The number of morpholine rings is 1. The molecule has 5 rings (SSSR count). The molecule has 0 unspecified atom stereocenters. The number of ether oxygens (including phenoxy) is 1. The number of anilines is 4. The molecule has 0 radical (unpaired) electrons. The molecule has 3 heterocycles. The summed E-state index contributed by atoms with van der Waals surface area (Å²) in [6.07, 6.45) is 5.04. The van der Waals surface area contributed by atoms with Crippen molar-refractivity contribution in [3.63, 3.8) is 0 Å². The lowest BCUT2D eigenvalue weighted by Crippen LogP contribution is -2.36. The summed E-state index contributed by atoms with van der Waals surface area (Å²) >= 11 is 0. The minimum Gasteiger partial charge on any atom is -0.378 e. The minimum absolute atomic E-state index is 0.235. The monoisotopic (exact) mass is 454 g/mol. The zero-order chi connectivity index (χ0) is 23.5. The third-order valence-corrected chi connectivity index (χ3v) is 5.84. The highest BCUT2D eigenvalue weighted by Crippen LogP contribution is 2.27. The Hall–Kier alpha value is -4.17. The summed E-state index contributed by atoms with van der Waals surface area (Å²) in [6, 6.07) is 15.9. The second-order valence-corrected chi connectivity index (χ2v) is 8.12. The molecule has 2 aromatic heterocycles. The van der Waals surface area contributed by atoms with Gasteiger partial charge in [0.2, 0.25) is 11.9 Å². The summed E-state index contributed by atoms with van der Waals surface area (Å²) in [7, 11) is 0. The number of fused-ring (bicyclic) bond motifs is 1. The van der Waals surface area contributed by atoms with Gasteiger partial charge in [0.25, 0.3) is 0 Å². The first-order chi connectivity index (χ1) is 16.6. The van der Waals surface area contributed by atoms with Crippen molar-refractivity contribution in [2.24, 2.45) is 0 Å². The van der Waals surface area contributed by atoms with Gasteiger partial charge >= 0.3 is 0 Å². The molecule has 172 valence electrons. The fourth-order valence-corrected chi connectivity index (χ4v) is 4.11. The minimum atomic E-state index is -0.235. The lowest BCUT2D eigenvalue weighted by atomic mass is 10.2. The zero-order valence-electron chi connectivity index (χ0n) is 19.0. The molecule has 1 amide bonds. The van der Waals surface area contributed by atoms with Crippen LogP contribution in [-0.4, -0.2) is 46.7 Å². The molecule has 1 aliphatic heterocycles. The highest BCUT2D eigenvalue weighted by molar-refractivity contribution is 6.00. The highest BCUT2D eigenvalue weighted by atomic mass is 16.5. The largest absolute Gasteiger partial charge is 0.378 e. The van der Waals surface area contributed by atoms with Gasteiger partial charge in [-0.1, -0.05) is 6.58 Å². The van der Waals surface area contributed by atoms with E-state index in [0.717, 1.165) is 60.0 Å². The average molecular weight is 455 g/mol. The topological polar surface area (TPSA) is 84.3 Å². The van der Waals surface area contributed by atoms with Crippen molar-refractivity contribution in [2.45, 2.75) is 6.92 Å². The second-order valence-electron chi connectivity index (χ2n) is 8.12. The predicted octanol–water partition coefficient (Wildman–Crippen LogP) is 4.43. The second kappa shape index (κ2) is 9.36.